The number of Topliss-reactive ketones (excluding diaryl/α,β-unsaturated/α-hetero) is 1. The number of carbonyl (C=O) groups excluding carboxylic acids is 1. The number of rotatable bonds is 13. The zero-order valence-electron chi connectivity index (χ0n) is 23.3. The van der Waals surface area contributed by atoms with Crippen molar-refractivity contribution in [1.82, 2.24) is 0 Å². The number of hydrogen-bond acceptors (Lipinski definition) is 4. The van der Waals surface area contributed by atoms with Gasteiger partial charge < -0.3 is 15.3 Å². The van der Waals surface area contributed by atoms with Crippen LogP contribution in [0, 0.1) is 11.8 Å². The average Bonchev–Trinajstić information content (AvgIpc) is 2.93. The van der Waals surface area contributed by atoms with Gasteiger partial charge in [0.1, 0.15) is 5.78 Å². The number of aliphatic carboxylic acids is 1. The molecule has 0 aromatic carbocycles. The lowest BCUT2D eigenvalue weighted by Gasteiger charge is -2.18. The predicted octanol–water partition coefficient (Wildman–Crippen LogP) is 3.48. The van der Waals surface area contributed by atoms with E-state index in [2.05, 4.69) is 0 Å². The highest BCUT2D eigenvalue weighted by Crippen LogP contribution is 2.34. The molecule has 0 bridgehead atoms. The fourth-order valence-corrected chi connectivity index (χ4v) is 3.11. The first kappa shape index (κ1) is 11.5. The average molecular weight is 364 g/mol. The summed E-state index contributed by atoms with van der Waals surface area (Å²) < 4.78 is 68.4. The first-order valence-corrected chi connectivity index (χ1v) is 8.64. The number of carbonyl (C=O) groups is 2. The molecule has 1 fully saturated rings. The summed E-state index contributed by atoms with van der Waals surface area (Å²) in [5, 5.41) is 29.1. The molecule has 0 radical (unpaired) electrons. The van der Waals surface area contributed by atoms with Crippen LogP contribution in [0.3, 0.4) is 0 Å². The number of aliphatic hydroxyl groups excluding tert-OH is 2. The highest BCUT2D eigenvalue weighted by molar-refractivity contribution is 5.84. The number of unbranched alkanes of at least 4 members (excludes halogenated alkanes) is 3. The summed E-state index contributed by atoms with van der Waals surface area (Å²) in [4.78, 5) is 22.8. The van der Waals surface area contributed by atoms with Gasteiger partial charge in [0.25, 0.3) is 0 Å². The lowest BCUT2D eigenvalue weighted by molar-refractivity contribution is -0.137. The minimum atomic E-state index is -3.52. The Kier molecular flexibility index (Phi) is 5.61. The second kappa shape index (κ2) is 12.2. The van der Waals surface area contributed by atoms with E-state index in [1.807, 2.05) is 0 Å². The van der Waals surface area contributed by atoms with E-state index < -0.39 is 62.4 Å². The Morgan fingerprint density at radius 1 is 1.36 bits per heavy atom. The molecular weight excluding hydrogens is 320 g/mol. The molecule has 0 saturated heterocycles. The molecule has 4 atom stereocenters. The molecule has 3 N–H and O–H groups in total. The van der Waals surface area contributed by atoms with E-state index in [-0.39, 0.29) is 18.6 Å². The SMILES string of the molecule is [2H]C([2H])([2H])C([2H])([2H])C([2H])([2H])C([2H])([2H])C[C@H](O)/C=C/[C@H]1[C@H](O)CC(=O)[C@@H]1CCCCCCC(=O)O. The monoisotopic (exact) mass is 363 g/mol. The van der Waals surface area contributed by atoms with Crippen LogP contribution in [-0.4, -0.2) is 39.3 Å². The van der Waals surface area contributed by atoms with Crippen LogP contribution in [0.1, 0.15) is 89.7 Å². The van der Waals surface area contributed by atoms with Gasteiger partial charge in [-0.2, -0.15) is 0 Å². The van der Waals surface area contributed by atoms with Gasteiger partial charge in [0.15, 0.2) is 0 Å². The molecule has 1 aliphatic carbocycles. The minimum absolute atomic E-state index is 0.0725. The molecular formula is C20H34O5. The van der Waals surface area contributed by atoms with E-state index in [4.69, 9.17) is 17.4 Å². The Balaban J connectivity index is 2.79. The third-order valence-electron chi connectivity index (χ3n) is 4.41. The van der Waals surface area contributed by atoms with Gasteiger partial charge in [0.2, 0.25) is 0 Å². The van der Waals surface area contributed by atoms with Crippen molar-refractivity contribution in [2.45, 2.75) is 89.5 Å². The third-order valence-corrected chi connectivity index (χ3v) is 4.41. The normalized spacial score (nSPS) is 32.5. The van der Waals surface area contributed by atoms with Gasteiger partial charge in [-0.05, 0) is 19.3 Å². The van der Waals surface area contributed by atoms with E-state index in [9.17, 15) is 19.8 Å². The number of ketones is 1. The first-order valence-electron chi connectivity index (χ1n) is 13.1. The molecule has 0 spiro atoms. The molecule has 0 aliphatic heterocycles. The summed E-state index contributed by atoms with van der Waals surface area (Å²) in [6, 6.07) is 0. The van der Waals surface area contributed by atoms with Gasteiger partial charge in [-0.15, -0.1) is 0 Å². The van der Waals surface area contributed by atoms with Gasteiger partial charge in [-0.3, -0.25) is 9.59 Å². The summed E-state index contributed by atoms with van der Waals surface area (Å²) in [6.07, 6.45) is -8.04. The molecule has 0 aromatic heterocycles. The van der Waals surface area contributed by atoms with Crippen LogP contribution in [0.5, 0.6) is 0 Å². The van der Waals surface area contributed by atoms with Crippen molar-refractivity contribution in [3.8, 4) is 0 Å². The topological polar surface area (TPSA) is 94.8 Å². The molecule has 144 valence electrons. The summed E-state index contributed by atoms with van der Waals surface area (Å²) in [6.45, 7) is -3.43. The van der Waals surface area contributed by atoms with Crippen LogP contribution in [0.2, 0.25) is 0 Å². The molecule has 5 heteroatoms. The van der Waals surface area contributed by atoms with Crippen LogP contribution in [0.15, 0.2) is 12.2 Å². The fraction of sp³-hybridized carbons (Fsp3) is 0.800. The minimum Gasteiger partial charge on any atom is -0.481 e. The van der Waals surface area contributed by atoms with Crippen molar-refractivity contribution >= 4 is 11.8 Å². The van der Waals surface area contributed by atoms with Gasteiger partial charge in [-0.1, -0.05) is 57.4 Å². The predicted molar refractivity (Wildman–Crippen MR) is 97.2 cm³/mol. The Hall–Kier alpha value is -1.20. The van der Waals surface area contributed by atoms with Crippen LogP contribution < -0.4 is 0 Å². The second-order valence-electron chi connectivity index (χ2n) is 6.35. The standard InChI is InChI=1S/C20H34O5/c1-2-3-6-9-15(21)12-13-17-16(18(22)14-19(17)23)10-7-4-5-8-11-20(24)25/h12-13,15-17,19,21,23H,2-11,14H2,1H3,(H,24,25)/b13-12+/t15-,16+,17+,19+/m0/s1/i1D3,2D2,3D2,6D2. The van der Waals surface area contributed by atoms with Crippen LogP contribution >= 0.6 is 0 Å². The Morgan fingerprint density at radius 3 is 2.84 bits per heavy atom. The lowest BCUT2D eigenvalue weighted by atomic mass is 9.88. The molecule has 0 heterocycles. The smallest absolute Gasteiger partial charge is 0.303 e. The molecule has 5 nitrogen and oxygen atoms in total. The Bertz CT molecular complexity index is 736. The third kappa shape index (κ3) is 8.63. The summed E-state index contributed by atoms with van der Waals surface area (Å²) >= 11 is 0. The van der Waals surface area contributed by atoms with Gasteiger partial charge >= 0.3 is 5.97 Å². The number of aliphatic hydroxyl groups is 2. The summed E-state index contributed by atoms with van der Waals surface area (Å²) in [7, 11) is 0. The second-order valence-corrected chi connectivity index (χ2v) is 6.35. The van der Waals surface area contributed by atoms with Crippen LogP contribution in [0.4, 0.5) is 0 Å². The van der Waals surface area contributed by atoms with Gasteiger partial charge in [0, 0.05) is 37.0 Å². The lowest BCUT2D eigenvalue weighted by Crippen LogP contribution is -2.19. The molecule has 0 amide bonds. The van der Waals surface area contributed by atoms with Crippen LogP contribution in [0.25, 0.3) is 0 Å². The zero-order valence-corrected chi connectivity index (χ0v) is 14.3. The van der Waals surface area contributed by atoms with Crippen molar-refractivity contribution in [2.75, 3.05) is 0 Å². The van der Waals surface area contributed by atoms with Crippen molar-refractivity contribution in [3.63, 3.8) is 0 Å². The zero-order chi connectivity index (χ0) is 26.5. The summed E-state index contributed by atoms with van der Waals surface area (Å²) in [5.74, 6) is -2.19. The van der Waals surface area contributed by atoms with E-state index in [1.54, 1.807) is 0 Å². The maximum absolute atomic E-state index is 12.3. The van der Waals surface area contributed by atoms with E-state index in [0.717, 1.165) is 6.08 Å². The molecule has 1 rings (SSSR count). The maximum atomic E-state index is 12.3. The number of carboxylic acids is 1. The Morgan fingerprint density at radius 2 is 2.12 bits per heavy atom. The highest BCUT2D eigenvalue weighted by Gasteiger charge is 2.39. The molecule has 0 unspecified atom stereocenters. The molecule has 25 heavy (non-hydrogen) atoms. The first-order chi connectivity index (χ1) is 15.3. The maximum Gasteiger partial charge on any atom is 0.303 e. The van der Waals surface area contributed by atoms with Crippen molar-refractivity contribution in [2.24, 2.45) is 11.8 Å². The largest absolute Gasteiger partial charge is 0.481 e. The van der Waals surface area contributed by atoms with E-state index >= 15 is 0 Å². The summed E-state index contributed by atoms with van der Waals surface area (Å²) in [5.41, 5.74) is 0. The quantitative estimate of drug-likeness (QED) is 0.344. The van der Waals surface area contributed by atoms with E-state index in [0.29, 0.717) is 32.1 Å². The van der Waals surface area contributed by atoms with Crippen molar-refractivity contribution in [1.29, 1.82) is 0 Å². The van der Waals surface area contributed by atoms with Crippen LogP contribution in [-0.2, 0) is 9.59 Å². The fourth-order valence-electron chi connectivity index (χ4n) is 3.11. The Labute approximate surface area is 163 Å². The van der Waals surface area contributed by atoms with Gasteiger partial charge in [-0.25, -0.2) is 0 Å². The highest BCUT2D eigenvalue weighted by atomic mass is 16.4. The molecule has 1 saturated carbocycles. The number of hydrogen-bond donors (Lipinski definition) is 3. The van der Waals surface area contributed by atoms with Gasteiger partial charge in [0.05, 0.1) is 12.2 Å². The van der Waals surface area contributed by atoms with Crippen molar-refractivity contribution < 1.29 is 37.2 Å². The van der Waals surface area contributed by atoms with E-state index in [1.165, 1.54) is 6.08 Å². The molecule has 1 aliphatic rings. The number of carboxylic acid groups (broad SMARTS) is 1. The van der Waals surface area contributed by atoms with Crippen molar-refractivity contribution in [3.05, 3.63) is 12.2 Å². The molecule has 0 aromatic rings.